The van der Waals surface area contributed by atoms with Gasteiger partial charge in [-0.2, -0.15) is 0 Å². The Morgan fingerprint density at radius 2 is 2.12 bits per heavy atom. The van der Waals surface area contributed by atoms with Crippen molar-refractivity contribution in [2.45, 2.75) is 31.7 Å². The number of para-hydroxylation sites is 2. The Kier molecular flexibility index (Phi) is 4.67. The van der Waals surface area contributed by atoms with Crippen LogP contribution in [0.4, 0.5) is 4.39 Å². The SMILES string of the molecule is O=C(C1CCOCC1)N1C[C@@H](F)[C@@H](OCc2nc3ccccc3[nH]2)C1. The first-order valence-corrected chi connectivity index (χ1v) is 8.76. The number of carbonyl (C=O) groups is 1. The van der Waals surface area contributed by atoms with Crippen LogP contribution in [0.5, 0.6) is 0 Å². The van der Waals surface area contributed by atoms with Crippen molar-refractivity contribution in [1.82, 2.24) is 14.9 Å². The van der Waals surface area contributed by atoms with Crippen molar-refractivity contribution in [3.8, 4) is 0 Å². The van der Waals surface area contributed by atoms with Gasteiger partial charge in [-0.3, -0.25) is 4.79 Å². The summed E-state index contributed by atoms with van der Waals surface area (Å²) in [5.74, 6) is 0.651. The zero-order chi connectivity index (χ0) is 17.2. The zero-order valence-electron chi connectivity index (χ0n) is 14.0. The standard InChI is InChI=1S/C18H22FN3O3/c19-13-9-22(18(23)12-5-7-24-8-6-12)10-16(13)25-11-17-20-14-3-1-2-4-15(14)21-17/h1-4,12-13,16H,5-11H2,(H,20,21)/t13-,16+/m1/s1. The van der Waals surface area contributed by atoms with Gasteiger partial charge in [0.25, 0.3) is 0 Å². The lowest BCUT2D eigenvalue weighted by atomic mass is 9.99. The molecule has 4 rings (SSSR count). The monoisotopic (exact) mass is 347 g/mol. The van der Waals surface area contributed by atoms with E-state index in [1.165, 1.54) is 0 Å². The predicted octanol–water partition coefficient (Wildman–Crippen LogP) is 2.05. The van der Waals surface area contributed by atoms with Crippen LogP contribution in [0.25, 0.3) is 11.0 Å². The van der Waals surface area contributed by atoms with Gasteiger partial charge in [0.1, 0.15) is 24.7 Å². The number of likely N-dealkylation sites (tertiary alicyclic amines) is 1. The molecule has 2 saturated heterocycles. The van der Waals surface area contributed by atoms with Crippen LogP contribution in [0.1, 0.15) is 18.7 Å². The highest BCUT2D eigenvalue weighted by molar-refractivity contribution is 5.79. The third-order valence-electron chi connectivity index (χ3n) is 4.95. The van der Waals surface area contributed by atoms with Gasteiger partial charge in [0, 0.05) is 25.7 Å². The fourth-order valence-electron chi connectivity index (χ4n) is 3.53. The number of fused-ring (bicyclic) bond motifs is 1. The van der Waals surface area contributed by atoms with E-state index in [-0.39, 0.29) is 25.0 Å². The van der Waals surface area contributed by atoms with Gasteiger partial charge in [-0.05, 0) is 25.0 Å². The molecular formula is C18H22FN3O3. The van der Waals surface area contributed by atoms with E-state index in [0.717, 1.165) is 23.9 Å². The average molecular weight is 347 g/mol. The van der Waals surface area contributed by atoms with E-state index in [0.29, 0.717) is 25.6 Å². The highest BCUT2D eigenvalue weighted by Gasteiger charge is 2.38. The molecular weight excluding hydrogens is 325 g/mol. The molecule has 0 radical (unpaired) electrons. The molecule has 0 spiro atoms. The normalized spacial score (nSPS) is 24.9. The van der Waals surface area contributed by atoms with Crippen LogP contribution >= 0.6 is 0 Å². The molecule has 2 atom stereocenters. The molecule has 2 aliphatic rings. The number of nitrogens with one attached hydrogen (secondary N) is 1. The largest absolute Gasteiger partial charge is 0.381 e. The van der Waals surface area contributed by atoms with Crippen molar-refractivity contribution in [3.63, 3.8) is 0 Å². The van der Waals surface area contributed by atoms with Crippen molar-refractivity contribution in [2.75, 3.05) is 26.3 Å². The summed E-state index contributed by atoms with van der Waals surface area (Å²) in [6.07, 6.45) is -0.321. The Morgan fingerprint density at radius 1 is 1.32 bits per heavy atom. The van der Waals surface area contributed by atoms with Gasteiger partial charge in [0.15, 0.2) is 0 Å². The number of alkyl halides is 1. The maximum absolute atomic E-state index is 14.3. The molecule has 6 nitrogen and oxygen atoms in total. The van der Waals surface area contributed by atoms with Crippen LogP contribution in [0, 0.1) is 5.92 Å². The van der Waals surface area contributed by atoms with Crippen molar-refractivity contribution < 1.29 is 18.7 Å². The predicted molar refractivity (Wildman–Crippen MR) is 89.7 cm³/mol. The van der Waals surface area contributed by atoms with Gasteiger partial charge in [0.2, 0.25) is 5.91 Å². The first-order valence-electron chi connectivity index (χ1n) is 8.76. The third-order valence-corrected chi connectivity index (χ3v) is 4.95. The Balaban J connectivity index is 1.34. The summed E-state index contributed by atoms with van der Waals surface area (Å²) in [7, 11) is 0. The summed E-state index contributed by atoms with van der Waals surface area (Å²) in [5, 5.41) is 0. The number of aromatic amines is 1. The molecule has 7 heteroatoms. The fraction of sp³-hybridized carbons (Fsp3) is 0.556. The molecule has 2 aromatic rings. The topological polar surface area (TPSA) is 67.4 Å². The molecule has 3 heterocycles. The van der Waals surface area contributed by atoms with E-state index >= 15 is 0 Å². The maximum atomic E-state index is 14.3. The number of imidazole rings is 1. The van der Waals surface area contributed by atoms with E-state index in [2.05, 4.69) is 9.97 Å². The summed E-state index contributed by atoms with van der Waals surface area (Å²) in [6, 6.07) is 7.70. The van der Waals surface area contributed by atoms with Crippen LogP contribution in [-0.4, -0.2) is 59.4 Å². The van der Waals surface area contributed by atoms with Crippen LogP contribution in [-0.2, 0) is 20.9 Å². The molecule has 1 aromatic heterocycles. The Morgan fingerprint density at radius 3 is 2.92 bits per heavy atom. The smallest absolute Gasteiger partial charge is 0.226 e. The maximum Gasteiger partial charge on any atom is 0.226 e. The molecule has 0 aliphatic carbocycles. The van der Waals surface area contributed by atoms with Gasteiger partial charge in [-0.15, -0.1) is 0 Å². The number of nitrogens with zero attached hydrogens (tertiary/aromatic N) is 2. The molecule has 2 aliphatic heterocycles. The molecule has 0 bridgehead atoms. The number of aromatic nitrogens is 2. The molecule has 1 aromatic carbocycles. The second-order valence-electron chi connectivity index (χ2n) is 6.70. The second-order valence-corrected chi connectivity index (χ2v) is 6.70. The van der Waals surface area contributed by atoms with Gasteiger partial charge >= 0.3 is 0 Å². The van der Waals surface area contributed by atoms with Gasteiger partial charge in [-0.1, -0.05) is 12.1 Å². The van der Waals surface area contributed by atoms with E-state index in [4.69, 9.17) is 9.47 Å². The lowest BCUT2D eigenvalue weighted by molar-refractivity contribution is -0.138. The number of ether oxygens (including phenoxy) is 2. The number of H-pyrrole nitrogens is 1. The molecule has 1 amide bonds. The first kappa shape index (κ1) is 16.5. The highest BCUT2D eigenvalue weighted by atomic mass is 19.1. The number of benzene rings is 1. The van der Waals surface area contributed by atoms with Gasteiger partial charge in [0.05, 0.1) is 17.6 Å². The Labute approximate surface area is 145 Å². The van der Waals surface area contributed by atoms with Crippen molar-refractivity contribution in [3.05, 3.63) is 30.1 Å². The highest BCUT2D eigenvalue weighted by Crippen LogP contribution is 2.24. The number of hydrogen-bond acceptors (Lipinski definition) is 4. The third kappa shape index (κ3) is 3.52. The van der Waals surface area contributed by atoms with Crippen LogP contribution in [0.2, 0.25) is 0 Å². The van der Waals surface area contributed by atoms with E-state index in [1.807, 2.05) is 24.3 Å². The molecule has 1 N–H and O–H groups in total. The second kappa shape index (κ2) is 7.09. The summed E-state index contributed by atoms with van der Waals surface area (Å²) in [4.78, 5) is 21.7. The number of carbonyl (C=O) groups excluding carboxylic acids is 1. The zero-order valence-corrected chi connectivity index (χ0v) is 14.0. The van der Waals surface area contributed by atoms with Crippen molar-refractivity contribution in [1.29, 1.82) is 0 Å². The first-order chi connectivity index (χ1) is 12.2. The van der Waals surface area contributed by atoms with Crippen LogP contribution in [0.15, 0.2) is 24.3 Å². The van der Waals surface area contributed by atoms with Crippen LogP contribution < -0.4 is 0 Å². The molecule has 25 heavy (non-hydrogen) atoms. The number of hydrogen-bond donors (Lipinski definition) is 1. The van der Waals surface area contributed by atoms with Gasteiger partial charge in [-0.25, -0.2) is 9.37 Å². The lowest BCUT2D eigenvalue weighted by Gasteiger charge is -2.26. The summed E-state index contributed by atoms with van der Waals surface area (Å²) < 4.78 is 25.3. The number of amides is 1. The molecule has 134 valence electrons. The summed E-state index contributed by atoms with van der Waals surface area (Å²) >= 11 is 0. The molecule has 2 fully saturated rings. The summed E-state index contributed by atoms with van der Waals surface area (Å²) in [5.41, 5.74) is 1.79. The van der Waals surface area contributed by atoms with E-state index in [9.17, 15) is 9.18 Å². The van der Waals surface area contributed by atoms with Gasteiger partial charge < -0.3 is 19.4 Å². The molecule has 0 saturated carbocycles. The number of halogens is 1. The fourth-order valence-corrected chi connectivity index (χ4v) is 3.53. The average Bonchev–Trinajstić information content (AvgIpc) is 3.23. The van der Waals surface area contributed by atoms with E-state index < -0.39 is 12.3 Å². The summed E-state index contributed by atoms with van der Waals surface area (Å²) in [6.45, 7) is 1.84. The van der Waals surface area contributed by atoms with E-state index in [1.54, 1.807) is 4.90 Å². The minimum atomic E-state index is -1.16. The Hall–Kier alpha value is -1.99. The minimum absolute atomic E-state index is 0.0285. The molecule has 0 unspecified atom stereocenters. The Bertz CT molecular complexity index is 711. The van der Waals surface area contributed by atoms with Crippen molar-refractivity contribution in [2.24, 2.45) is 5.92 Å². The lowest BCUT2D eigenvalue weighted by Crippen LogP contribution is -2.37. The van der Waals surface area contributed by atoms with Crippen molar-refractivity contribution >= 4 is 16.9 Å². The quantitative estimate of drug-likeness (QED) is 0.919. The minimum Gasteiger partial charge on any atom is -0.381 e. The van der Waals surface area contributed by atoms with Crippen LogP contribution in [0.3, 0.4) is 0 Å². The number of rotatable bonds is 4.